The van der Waals surface area contributed by atoms with Crippen LogP contribution in [0.2, 0.25) is 0 Å². The largest absolute Gasteiger partial charge is 0.465 e. The van der Waals surface area contributed by atoms with Crippen LogP contribution in [0.5, 0.6) is 0 Å². The van der Waals surface area contributed by atoms with Crippen molar-refractivity contribution < 1.29 is 8.79 Å². The standard InChI is InChI=1S/C24H28N6OS2/c1-16-8-9-19-21(14-16)33-30(3,28-19)22(31)15-32-24-27-26-23(18-10-12-25-13-11-18)29(24)20-7-5-4-6-17(20)2/h4-9,14,18,25H,10-13,15H2,1-3H3. The van der Waals surface area contributed by atoms with Gasteiger partial charge >= 0.3 is 5.91 Å². The molecule has 1 atom stereocenters. The molecule has 172 valence electrons. The van der Waals surface area contributed by atoms with E-state index in [1.165, 1.54) is 29.3 Å². The first-order valence-corrected chi connectivity index (χ1v) is 13.0. The van der Waals surface area contributed by atoms with E-state index in [1.807, 2.05) is 31.3 Å². The first-order valence-electron chi connectivity index (χ1n) is 11.2. The molecule has 3 heterocycles. The van der Waals surface area contributed by atoms with E-state index in [0.717, 1.165) is 58.7 Å². The zero-order chi connectivity index (χ0) is 23.0. The van der Waals surface area contributed by atoms with Gasteiger partial charge in [0.2, 0.25) is 0 Å². The number of benzene rings is 2. The summed E-state index contributed by atoms with van der Waals surface area (Å²) in [6.07, 6.45) is 2.07. The minimum atomic E-state index is -0.0363. The molecule has 2 aromatic carbocycles. The summed E-state index contributed by atoms with van der Waals surface area (Å²) in [7, 11) is 1.86. The number of carbonyl (C=O) groups excluding carboxylic acids is 1. The van der Waals surface area contributed by atoms with Crippen LogP contribution in [0.1, 0.15) is 35.7 Å². The number of carbonyl (C=O) groups is 1. The number of hydrogen-bond donors (Lipinski definition) is 1. The maximum Gasteiger partial charge on any atom is 0.330 e. The second-order valence-electron chi connectivity index (χ2n) is 8.71. The lowest BCUT2D eigenvalue weighted by atomic mass is 9.97. The summed E-state index contributed by atoms with van der Waals surface area (Å²) in [5.74, 6) is 1.65. The third-order valence-electron chi connectivity index (χ3n) is 6.20. The summed E-state index contributed by atoms with van der Waals surface area (Å²) < 4.78 is 2.13. The molecule has 33 heavy (non-hydrogen) atoms. The van der Waals surface area contributed by atoms with Crippen molar-refractivity contribution in [1.82, 2.24) is 20.1 Å². The molecule has 1 unspecified atom stereocenters. The van der Waals surface area contributed by atoms with Gasteiger partial charge in [0.25, 0.3) is 0 Å². The van der Waals surface area contributed by atoms with E-state index in [1.54, 1.807) is 0 Å². The Bertz CT molecular complexity index is 1190. The van der Waals surface area contributed by atoms with Crippen LogP contribution in [0.3, 0.4) is 0 Å². The first kappa shape index (κ1) is 22.5. The van der Waals surface area contributed by atoms with Crippen molar-refractivity contribution in [2.24, 2.45) is 0 Å². The molecule has 0 radical (unpaired) electrons. The van der Waals surface area contributed by atoms with Gasteiger partial charge in [0.15, 0.2) is 5.16 Å². The maximum absolute atomic E-state index is 13.3. The molecule has 2 aliphatic rings. The fraction of sp³-hybridized carbons (Fsp3) is 0.375. The maximum atomic E-state index is 13.3. The Morgan fingerprint density at radius 2 is 2.00 bits per heavy atom. The molecule has 3 aromatic rings. The Kier molecular flexibility index (Phi) is 6.22. The second kappa shape index (κ2) is 9.13. The van der Waals surface area contributed by atoms with Gasteiger partial charge in [-0.25, -0.2) is 8.79 Å². The van der Waals surface area contributed by atoms with Crippen LogP contribution in [-0.2, 0) is 4.79 Å². The molecular weight excluding hydrogens is 452 g/mol. The number of aryl methyl sites for hydroxylation is 2. The van der Waals surface area contributed by atoms with E-state index < -0.39 is 0 Å². The van der Waals surface area contributed by atoms with Crippen molar-refractivity contribution in [3.05, 3.63) is 64.8 Å². The highest BCUT2D eigenvalue weighted by atomic mass is 32.2. The Labute approximate surface area is 203 Å². The highest BCUT2D eigenvalue weighted by Gasteiger charge is 2.34. The molecule has 7 nitrogen and oxygen atoms in total. The number of fused-ring (bicyclic) bond motifs is 1. The van der Waals surface area contributed by atoms with Gasteiger partial charge in [-0.3, -0.25) is 4.57 Å². The van der Waals surface area contributed by atoms with Gasteiger partial charge in [0, 0.05) is 5.92 Å². The molecule has 1 N–H and O–H groups in total. The number of para-hydroxylation sites is 1. The van der Waals surface area contributed by atoms with E-state index >= 15 is 0 Å². The molecule has 1 saturated heterocycles. The monoisotopic (exact) mass is 480 g/mol. The van der Waals surface area contributed by atoms with Crippen LogP contribution >= 0.6 is 23.7 Å². The van der Waals surface area contributed by atoms with Gasteiger partial charge in [-0.1, -0.05) is 47.8 Å². The predicted octanol–water partition coefficient (Wildman–Crippen LogP) is 5.06. The van der Waals surface area contributed by atoms with E-state index in [0.29, 0.717) is 5.92 Å². The average Bonchev–Trinajstić information content (AvgIpc) is 3.39. The average molecular weight is 481 g/mol. The van der Waals surface area contributed by atoms with Crippen LogP contribution in [0.25, 0.3) is 11.1 Å². The molecule has 2 aliphatic heterocycles. The molecule has 0 aliphatic carbocycles. The SMILES string of the molecule is Cc1ccc2c(c1)S[N+](C)(C(=O)CSc1nnc(C3CCNCC3)n1-c1ccccc1C)[N-]2. The fourth-order valence-corrected chi connectivity index (χ4v) is 6.43. The van der Waals surface area contributed by atoms with E-state index in [4.69, 9.17) is 5.43 Å². The number of rotatable bonds is 5. The van der Waals surface area contributed by atoms with Crippen molar-refractivity contribution in [3.63, 3.8) is 0 Å². The Balaban J connectivity index is 1.39. The number of aromatic nitrogens is 3. The zero-order valence-corrected chi connectivity index (χ0v) is 20.7. The van der Waals surface area contributed by atoms with E-state index in [2.05, 4.69) is 52.1 Å². The molecule has 9 heteroatoms. The van der Waals surface area contributed by atoms with Crippen molar-refractivity contribution >= 4 is 35.3 Å². The fourth-order valence-electron chi connectivity index (χ4n) is 4.31. The van der Waals surface area contributed by atoms with Gasteiger partial charge in [0.05, 0.1) is 17.6 Å². The van der Waals surface area contributed by atoms with E-state index in [9.17, 15) is 4.79 Å². The molecule has 5 rings (SSSR count). The summed E-state index contributed by atoms with van der Waals surface area (Å²) in [4.78, 5) is 14.3. The Morgan fingerprint density at radius 1 is 1.21 bits per heavy atom. The number of amides is 1. The normalized spacial score (nSPS) is 20.5. The predicted molar refractivity (Wildman–Crippen MR) is 133 cm³/mol. The Hall–Kier alpha value is -2.33. The quantitative estimate of drug-likeness (QED) is 0.313. The summed E-state index contributed by atoms with van der Waals surface area (Å²) in [6, 6.07) is 14.4. The van der Waals surface area contributed by atoms with Crippen LogP contribution < -0.4 is 5.32 Å². The number of piperidine rings is 1. The highest BCUT2D eigenvalue weighted by Crippen LogP contribution is 2.51. The molecule has 1 aromatic heterocycles. The summed E-state index contributed by atoms with van der Waals surface area (Å²) in [6.45, 7) is 6.13. The van der Waals surface area contributed by atoms with Crippen molar-refractivity contribution in [2.75, 3.05) is 25.9 Å². The van der Waals surface area contributed by atoms with Gasteiger partial charge in [-0.2, -0.15) is 0 Å². The molecule has 0 bridgehead atoms. The summed E-state index contributed by atoms with van der Waals surface area (Å²) >= 11 is 2.93. The smallest absolute Gasteiger partial charge is 0.330 e. The van der Waals surface area contributed by atoms with Crippen LogP contribution in [0.4, 0.5) is 5.69 Å². The number of nitrogens with zero attached hydrogens (tertiary/aromatic N) is 5. The first-order chi connectivity index (χ1) is 15.9. The zero-order valence-electron chi connectivity index (χ0n) is 19.1. The lowest BCUT2D eigenvalue weighted by molar-refractivity contribution is -0.641. The second-order valence-corrected chi connectivity index (χ2v) is 11.0. The van der Waals surface area contributed by atoms with Gasteiger partial charge in [0.1, 0.15) is 23.5 Å². The Morgan fingerprint density at radius 3 is 2.79 bits per heavy atom. The van der Waals surface area contributed by atoms with Crippen LogP contribution in [0.15, 0.2) is 52.5 Å². The van der Waals surface area contributed by atoms with Crippen molar-refractivity contribution in [3.8, 4) is 5.69 Å². The van der Waals surface area contributed by atoms with Crippen molar-refractivity contribution in [2.45, 2.75) is 42.7 Å². The van der Waals surface area contributed by atoms with Gasteiger partial charge in [-0.05, 0) is 63.0 Å². The minimum Gasteiger partial charge on any atom is -0.465 e. The molecule has 0 spiro atoms. The highest BCUT2D eigenvalue weighted by molar-refractivity contribution is 8.00. The number of nitrogens with one attached hydrogen (secondary N) is 1. The molecule has 1 fully saturated rings. The summed E-state index contributed by atoms with van der Waals surface area (Å²) in [5.41, 5.74) is 8.99. The number of quaternary nitrogens is 1. The van der Waals surface area contributed by atoms with Crippen LogP contribution in [0, 0.1) is 13.8 Å². The van der Waals surface area contributed by atoms with Gasteiger partial charge in [-0.15, -0.1) is 10.2 Å². The van der Waals surface area contributed by atoms with Gasteiger partial charge < -0.3 is 10.7 Å². The molecule has 1 amide bonds. The van der Waals surface area contributed by atoms with Crippen molar-refractivity contribution in [1.29, 1.82) is 0 Å². The molecular formula is C24H28N6OS2. The molecule has 0 saturated carbocycles. The third-order valence-corrected chi connectivity index (χ3v) is 8.27. The van der Waals surface area contributed by atoms with Crippen LogP contribution in [-0.4, -0.2) is 50.6 Å². The summed E-state index contributed by atoms with van der Waals surface area (Å²) in [5, 5.41) is 13.3. The third kappa shape index (κ3) is 4.42. The number of thioether (sulfide) groups is 1. The van der Waals surface area contributed by atoms with E-state index in [-0.39, 0.29) is 15.7 Å². The lowest BCUT2D eigenvalue weighted by Gasteiger charge is -2.34. The lowest BCUT2D eigenvalue weighted by Crippen LogP contribution is -2.37. The topological polar surface area (TPSA) is 73.9 Å². The number of hydrogen-bond acceptors (Lipinski definition) is 6. The minimum absolute atomic E-state index is 0.0293.